The van der Waals surface area contributed by atoms with Crippen LogP contribution in [0.1, 0.15) is 32.0 Å². The van der Waals surface area contributed by atoms with Gasteiger partial charge in [0.2, 0.25) is 0 Å². The van der Waals surface area contributed by atoms with Gasteiger partial charge in [0.1, 0.15) is 5.82 Å². The molecule has 5 heteroatoms. The van der Waals surface area contributed by atoms with Gasteiger partial charge in [0.15, 0.2) is 0 Å². The van der Waals surface area contributed by atoms with Gasteiger partial charge in [-0.05, 0) is 6.92 Å². The number of nitrogens with one attached hydrogen (secondary N) is 1. The summed E-state index contributed by atoms with van der Waals surface area (Å²) in [6, 6.07) is 0.503. The van der Waals surface area contributed by atoms with Crippen molar-refractivity contribution in [2.45, 2.75) is 45.5 Å². The number of thioether (sulfide) groups is 1. The van der Waals surface area contributed by atoms with E-state index in [-0.39, 0.29) is 0 Å². The van der Waals surface area contributed by atoms with Gasteiger partial charge < -0.3 is 10.2 Å². The summed E-state index contributed by atoms with van der Waals surface area (Å²) < 4.78 is 2.05. The van der Waals surface area contributed by atoms with Crippen molar-refractivity contribution in [1.29, 1.82) is 0 Å². The highest BCUT2D eigenvalue weighted by Gasteiger charge is 2.23. The second kappa shape index (κ2) is 6.18. The molecule has 1 aliphatic heterocycles. The number of rotatable bonds is 4. The van der Waals surface area contributed by atoms with E-state index in [1.807, 2.05) is 0 Å². The molecule has 1 saturated heterocycles. The van der Waals surface area contributed by atoms with Gasteiger partial charge in [0.25, 0.3) is 0 Å². The predicted molar refractivity (Wildman–Crippen MR) is 84.1 cm³/mol. The highest BCUT2D eigenvalue weighted by Crippen LogP contribution is 2.28. The van der Waals surface area contributed by atoms with Gasteiger partial charge in [-0.25, -0.2) is 0 Å². The van der Waals surface area contributed by atoms with Crippen molar-refractivity contribution in [1.82, 2.24) is 15.1 Å². The molecule has 0 saturated carbocycles. The lowest BCUT2D eigenvalue weighted by molar-refractivity contribution is 0.585. The van der Waals surface area contributed by atoms with Gasteiger partial charge in [-0.1, -0.05) is 20.8 Å². The summed E-state index contributed by atoms with van der Waals surface area (Å²) in [5.41, 5.74) is 2.51. The van der Waals surface area contributed by atoms with E-state index in [2.05, 4.69) is 66.5 Å². The second-order valence-corrected chi connectivity index (χ2v) is 7.22. The maximum absolute atomic E-state index is 4.62. The molecule has 0 aromatic carbocycles. The fraction of sp³-hybridized carbons (Fsp3) is 0.786. The molecular weight excluding hydrogens is 256 g/mol. The Balaban J connectivity index is 2.22. The largest absolute Gasteiger partial charge is 0.355 e. The Labute approximate surface area is 120 Å². The zero-order valence-electron chi connectivity index (χ0n) is 12.7. The summed E-state index contributed by atoms with van der Waals surface area (Å²) in [7, 11) is 2.06. The third-order valence-electron chi connectivity index (χ3n) is 3.54. The molecule has 0 spiro atoms. The summed E-state index contributed by atoms with van der Waals surface area (Å²) in [5.74, 6) is 2.51. The van der Waals surface area contributed by atoms with Gasteiger partial charge in [-0.15, -0.1) is 0 Å². The van der Waals surface area contributed by atoms with E-state index in [9.17, 15) is 0 Å². The lowest BCUT2D eigenvalue weighted by atomic mass is 10.2. The highest BCUT2D eigenvalue weighted by atomic mass is 32.2. The van der Waals surface area contributed by atoms with Crippen LogP contribution in [-0.2, 0) is 13.6 Å². The van der Waals surface area contributed by atoms with Crippen molar-refractivity contribution in [3.8, 4) is 0 Å². The molecule has 0 amide bonds. The normalized spacial score (nSPS) is 20.3. The molecule has 1 aromatic heterocycles. The Morgan fingerprint density at radius 2 is 2.21 bits per heavy atom. The summed E-state index contributed by atoms with van der Waals surface area (Å²) >= 11 is 2.07. The molecular formula is C14H26N4S. The molecule has 19 heavy (non-hydrogen) atoms. The van der Waals surface area contributed by atoms with E-state index in [0.29, 0.717) is 11.3 Å². The van der Waals surface area contributed by atoms with Crippen LogP contribution in [0.25, 0.3) is 0 Å². The minimum atomic E-state index is 0.503. The van der Waals surface area contributed by atoms with Crippen LogP contribution in [0.2, 0.25) is 0 Å². The topological polar surface area (TPSA) is 33.1 Å². The molecule has 1 fully saturated rings. The van der Waals surface area contributed by atoms with Gasteiger partial charge in [-0.3, -0.25) is 4.68 Å². The standard InChI is InChI=1S/C14H26N4S/c1-10(2)15-8-13-12(4)16-17(5)14(13)18-6-7-19-11(3)9-18/h10-11,15H,6-9H2,1-5H3. The first-order valence-electron chi connectivity index (χ1n) is 7.11. The molecule has 0 aliphatic carbocycles. The van der Waals surface area contributed by atoms with Crippen molar-refractivity contribution in [3.63, 3.8) is 0 Å². The SMILES string of the molecule is Cc1nn(C)c(N2CCSC(C)C2)c1CNC(C)C. The molecule has 1 N–H and O–H groups in total. The van der Waals surface area contributed by atoms with Crippen LogP contribution in [0, 0.1) is 6.92 Å². The van der Waals surface area contributed by atoms with E-state index >= 15 is 0 Å². The molecule has 2 rings (SSSR count). The first kappa shape index (κ1) is 14.7. The van der Waals surface area contributed by atoms with Gasteiger partial charge in [0, 0.05) is 49.3 Å². The average Bonchev–Trinajstić information content (AvgIpc) is 2.61. The number of hydrogen-bond donors (Lipinski definition) is 1. The Kier molecular flexibility index (Phi) is 4.79. The number of hydrogen-bond acceptors (Lipinski definition) is 4. The maximum Gasteiger partial charge on any atom is 0.131 e. The van der Waals surface area contributed by atoms with Crippen molar-refractivity contribution in [2.24, 2.45) is 7.05 Å². The molecule has 1 atom stereocenters. The van der Waals surface area contributed by atoms with Crippen LogP contribution in [0.4, 0.5) is 5.82 Å². The quantitative estimate of drug-likeness (QED) is 0.917. The third kappa shape index (κ3) is 3.45. The minimum absolute atomic E-state index is 0.503. The minimum Gasteiger partial charge on any atom is -0.355 e. The molecule has 108 valence electrons. The zero-order chi connectivity index (χ0) is 14.0. The molecule has 2 heterocycles. The number of nitrogens with zero attached hydrogens (tertiary/aromatic N) is 3. The Morgan fingerprint density at radius 3 is 2.84 bits per heavy atom. The van der Waals surface area contributed by atoms with Gasteiger partial charge >= 0.3 is 0 Å². The predicted octanol–water partition coefficient (Wildman–Crippen LogP) is 2.17. The van der Waals surface area contributed by atoms with Gasteiger partial charge in [0.05, 0.1) is 5.69 Å². The first-order chi connectivity index (χ1) is 8.99. The number of aryl methyl sites for hydroxylation is 2. The Bertz CT molecular complexity index is 427. The zero-order valence-corrected chi connectivity index (χ0v) is 13.5. The van der Waals surface area contributed by atoms with E-state index in [4.69, 9.17) is 0 Å². The number of anilines is 1. The fourth-order valence-electron chi connectivity index (χ4n) is 2.61. The van der Waals surface area contributed by atoms with E-state index in [1.165, 1.54) is 17.1 Å². The first-order valence-corrected chi connectivity index (χ1v) is 8.16. The number of aromatic nitrogens is 2. The third-order valence-corrected chi connectivity index (χ3v) is 4.68. The molecule has 4 nitrogen and oxygen atoms in total. The van der Waals surface area contributed by atoms with Crippen LogP contribution in [0.15, 0.2) is 0 Å². The smallest absolute Gasteiger partial charge is 0.131 e. The van der Waals surface area contributed by atoms with Gasteiger partial charge in [-0.2, -0.15) is 16.9 Å². The van der Waals surface area contributed by atoms with Crippen molar-refractivity contribution in [3.05, 3.63) is 11.3 Å². The fourth-order valence-corrected chi connectivity index (χ4v) is 3.62. The monoisotopic (exact) mass is 282 g/mol. The second-order valence-electron chi connectivity index (χ2n) is 5.67. The van der Waals surface area contributed by atoms with Crippen LogP contribution in [-0.4, -0.2) is 39.9 Å². The lowest BCUT2D eigenvalue weighted by Gasteiger charge is -2.33. The van der Waals surface area contributed by atoms with Crippen molar-refractivity contribution in [2.75, 3.05) is 23.7 Å². The van der Waals surface area contributed by atoms with Crippen molar-refractivity contribution < 1.29 is 0 Å². The van der Waals surface area contributed by atoms with E-state index < -0.39 is 0 Å². The van der Waals surface area contributed by atoms with Crippen LogP contribution in [0.5, 0.6) is 0 Å². The Hall–Kier alpha value is -0.680. The van der Waals surface area contributed by atoms with Crippen LogP contribution < -0.4 is 10.2 Å². The molecule has 1 aliphatic rings. The molecule has 0 bridgehead atoms. The molecule has 1 unspecified atom stereocenters. The van der Waals surface area contributed by atoms with E-state index in [1.54, 1.807) is 0 Å². The average molecular weight is 282 g/mol. The summed E-state index contributed by atoms with van der Waals surface area (Å²) in [6.07, 6.45) is 0. The van der Waals surface area contributed by atoms with Crippen LogP contribution >= 0.6 is 11.8 Å². The summed E-state index contributed by atoms with van der Waals surface area (Å²) in [5, 5.41) is 8.84. The van der Waals surface area contributed by atoms with E-state index in [0.717, 1.165) is 25.3 Å². The molecule has 1 aromatic rings. The summed E-state index contributed by atoms with van der Waals surface area (Å²) in [4.78, 5) is 2.50. The Morgan fingerprint density at radius 1 is 1.47 bits per heavy atom. The summed E-state index contributed by atoms with van der Waals surface area (Å²) in [6.45, 7) is 12.0. The van der Waals surface area contributed by atoms with Crippen LogP contribution in [0.3, 0.4) is 0 Å². The lowest BCUT2D eigenvalue weighted by Crippen LogP contribution is -2.38. The highest BCUT2D eigenvalue weighted by molar-refractivity contribution is 8.00. The maximum atomic E-state index is 4.62. The molecule has 0 radical (unpaired) electrons. The van der Waals surface area contributed by atoms with Crippen molar-refractivity contribution >= 4 is 17.6 Å².